The normalized spacial score (nSPS) is 16.8. The third-order valence-electron chi connectivity index (χ3n) is 6.70. The van der Waals surface area contributed by atoms with E-state index in [1.54, 1.807) is 7.11 Å². The van der Waals surface area contributed by atoms with Gasteiger partial charge in [-0.15, -0.1) is 0 Å². The van der Waals surface area contributed by atoms with Crippen molar-refractivity contribution >= 4 is 11.6 Å². The molecule has 2 unspecified atom stereocenters. The number of aryl methyl sites for hydroxylation is 1. The van der Waals surface area contributed by atoms with Gasteiger partial charge in [0, 0.05) is 30.4 Å². The van der Waals surface area contributed by atoms with Gasteiger partial charge in [-0.05, 0) is 69.5 Å². The second kappa shape index (κ2) is 10.7. The minimum Gasteiger partial charge on any atom is -0.497 e. The van der Waals surface area contributed by atoms with E-state index in [1.165, 1.54) is 11.3 Å². The van der Waals surface area contributed by atoms with Gasteiger partial charge < -0.3 is 19.1 Å². The molecule has 0 aliphatic carbocycles. The summed E-state index contributed by atoms with van der Waals surface area (Å²) in [5.41, 5.74) is 3.27. The maximum atomic E-state index is 13.7. The molecular formula is C27H34N4O3. The number of hydrogen-bond donors (Lipinski definition) is 0. The number of rotatable bonds is 8. The number of ether oxygens (including phenoxy) is 1. The van der Waals surface area contributed by atoms with E-state index >= 15 is 0 Å². The molecule has 2 atom stereocenters. The molecule has 4 rings (SSSR count). The molecule has 34 heavy (non-hydrogen) atoms. The zero-order valence-electron chi connectivity index (χ0n) is 20.5. The van der Waals surface area contributed by atoms with E-state index in [4.69, 9.17) is 9.26 Å². The summed E-state index contributed by atoms with van der Waals surface area (Å²) in [6, 6.07) is 16.1. The van der Waals surface area contributed by atoms with E-state index in [0.29, 0.717) is 18.3 Å². The van der Waals surface area contributed by atoms with E-state index < -0.39 is 0 Å². The Morgan fingerprint density at radius 2 is 1.94 bits per heavy atom. The van der Waals surface area contributed by atoms with Crippen LogP contribution in [0.5, 0.6) is 5.75 Å². The predicted octanol–water partition coefficient (Wildman–Crippen LogP) is 5.10. The minimum absolute atomic E-state index is 0.0481. The van der Waals surface area contributed by atoms with Crippen molar-refractivity contribution in [2.75, 3.05) is 25.1 Å². The van der Waals surface area contributed by atoms with Crippen LogP contribution in [0.4, 0.5) is 5.69 Å². The molecule has 7 heteroatoms. The maximum Gasteiger partial charge on any atom is 0.246 e. The van der Waals surface area contributed by atoms with Crippen LogP contribution in [0.25, 0.3) is 11.4 Å². The number of methoxy groups -OCH3 is 1. The molecule has 2 heterocycles. The van der Waals surface area contributed by atoms with Crippen molar-refractivity contribution in [3.63, 3.8) is 0 Å². The molecule has 0 spiro atoms. The molecule has 2 aromatic carbocycles. The van der Waals surface area contributed by atoms with Gasteiger partial charge in [-0.25, -0.2) is 0 Å². The van der Waals surface area contributed by atoms with E-state index in [9.17, 15) is 4.79 Å². The average molecular weight is 463 g/mol. The van der Waals surface area contributed by atoms with E-state index in [2.05, 4.69) is 60.1 Å². The lowest BCUT2D eigenvalue weighted by molar-refractivity contribution is -0.139. The first-order valence-electron chi connectivity index (χ1n) is 12.1. The highest BCUT2D eigenvalue weighted by molar-refractivity contribution is 5.80. The van der Waals surface area contributed by atoms with Gasteiger partial charge in [0.25, 0.3) is 0 Å². The number of aromatic nitrogens is 2. The van der Waals surface area contributed by atoms with Crippen LogP contribution in [0, 0.1) is 12.8 Å². The molecule has 1 aromatic heterocycles. The molecule has 1 saturated heterocycles. The summed E-state index contributed by atoms with van der Waals surface area (Å²) in [4.78, 5) is 22.5. The van der Waals surface area contributed by atoms with Crippen LogP contribution in [0.2, 0.25) is 0 Å². The summed E-state index contributed by atoms with van der Waals surface area (Å²) in [5.74, 6) is 1.85. The van der Waals surface area contributed by atoms with Gasteiger partial charge in [0.1, 0.15) is 12.3 Å². The Kier molecular flexibility index (Phi) is 7.50. The van der Waals surface area contributed by atoms with Crippen LogP contribution in [-0.2, 0) is 11.3 Å². The molecule has 0 N–H and O–H groups in total. The van der Waals surface area contributed by atoms with Crippen molar-refractivity contribution in [2.24, 2.45) is 5.92 Å². The monoisotopic (exact) mass is 462 g/mol. The molecule has 1 amide bonds. The number of carbonyl (C=O) groups is 1. The highest BCUT2D eigenvalue weighted by Gasteiger charge is 2.32. The van der Waals surface area contributed by atoms with Gasteiger partial charge in [0.05, 0.1) is 13.0 Å². The second-order valence-corrected chi connectivity index (χ2v) is 9.08. The summed E-state index contributed by atoms with van der Waals surface area (Å²) in [6.07, 6.45) is 2.76. The highest BCUT2D eigenvalue weighted by atomic mass is 16.5. The smallest absolute Gasteiger partial charge is 0.246 e. The molecule has 3 aromatic rings. The fraction of sp³-hybridized carbons (Fsp3) is 0.444. The summed E-state index contributed by atoms with van der Waals surface area (Å²) < 4.78 is 10.8. The average Bonchev–Trinajstić information content (AvgIpc) is 3.35. The van der Waals surface area contributed by atoms with Crippen LogP contribution in [-0.4, -0.2) is 47.2 Å². The second-order valence-electron chi connectivity index (χ2n) is 9.08. The topological polar surface area (TPSA) is 71.7 Å². The molecular weight excluding hydrogens is 428 g/mol. The number of nitrogens with zero attached hydrogens (tertiary/aromatic N) is 4. The van der Waals surface area contributed by atoms with E-state index in [0.717, 1.165) is 43.7 Å². The van der Waals surface area contributed by atoms with Gasteiger partial charge in [-0.2, -0.15) is 4.98 Å². The summed E-state index contributed by atoms with van der Waals surface area (Å²) in [5, 5.41) is 4.14. The minimum atomic E-state index is -0.0481. The number of carbonyl (C=O) groups excluding carboxylic acids is 1. The summed E-state index contributed by atoms with van der Waals surface area (Å²) in [7, 11) is 1.63. The fourth-order valence-electron chi connectivity index (χ4n) is 4.40. The van der Waals surface area contributed by atoms with Crippen molar-refractivity contribution in [2.45, 2.75) is 52.6 Å². The van der Waals surface area contributed by atoms with Crippen LogP contribution < -0.4 is 9.64 Å². The first kappa shape index (κ1) is 23.8. The molecule has 1 aliphatic heterocycles. The van der Waals surface area contributed by atoms with Crippen molar-refractivity contribution < 1.29 is 14.1 Å². The van der Waals surface area contributed by atoms with E-state index in [-0.39, 0.29) is 17.9 Å². The van der Waals surface area contributed by atoms with Crippen molar-refractivity contribution in [3.8, 4) is 17.1 Å². The SMILES string of the molecule is CCC(C)N(Cc1nc(-c2ccc(OC)cc2)no1)C(=O)C1CCCN(c2ccc(C)cc2)C1. The predicted molar refractivity (Wildman–Crippen MR) is 133 cm³/mol. The van der Waals surface area contributed by atoms with E-state index in [1.807, 2.05) is 29.2 Å². The standard InChI is InChI=1S/C27H34N4O3/c1-5-20(3)31(18-25-28-26(29-34-25)21-10-14-24(33-4)15-11-21)27(32)22-7-6-16-30(17-22)23-12-8-19(2)9-13-23/h8-15,20,22H,5-7,16-18H2,1-4H3. The quantitative estimate of drug-likeness (QED) is 0.464. The third-order valence-corrected chi connectivity index (χ3v) is 6.70. The van der Waals surface area contributed by atoms with Crippen LogP contribution in [0.15, 0.2) is 53.1 Å². The third kappa shape index (κ3) is 5.41. The summed E-state index contributed by atoms with van der Waals surface area (Å²) >= 11 is 0. The van der Waals surface area contributed by atoms with Gasteiger partial charge in [0.15, 0.2) is 0 Å². The molecule has 1 aliphatic rings. The van der Waals surface area contributed by atoms with Crippen molar-refractivity contribution in [1.82, 2.24) is 15.0 Å². The lowest BCUT2D eigenvalue weighted by Crippen LogP contribution is -2.47. The molecule has 1 fully saturated rings. The Balaban J connectivity index is 1.47. The van der Waals surface area contributed by atoms with Crippen molar-refractivity contribution in [3.05, 3.63) is 60.0 Å². The maximum absolute atomic E-state index is 13.7. The molecule has 0 radical (unpaired) electrons. The molecule has 0 saturated carbocycles. The molecule has 180 valence electrons. The Bertz CT molecular complexity index is 1080. The van der Waals surface area contributed by atoms with Gasteiger partial charge in [0.2, 0.25) is 17.6 Å². The number of amides is 1. The van der Waals surface area contributed by atoms with Crippen LogP contribution in [0.1, 0.15) is 44.6 Å². The lowest BCUT2D eigenvalue weighted by Gasteiger charge is -2.37. The number of hydrogen-bond acceptors (Lipinski definition) is 6. The first-order chi connectivity index (χ1) is 16.5. The Hall–Kier alpha value is -3.35. The van der Waals surface area contributed by atoms with Crippen LogP contribution >= 0.6 is 0 Å². The fourth-order valence-corrected chi connectivity index (χ4v) is 4.40. The zero-order valence-corrected chi connectivity index (χ0v) is 20.5. The number of piperidine rings is 1. The molecule has 0 bridgehead atoms. The zero-order chi connectivity index (χ0) is 24.1. The van der Waals surface area contributed by atoms with Crippen LogP contribution in [0.3, 0.4) is 0 Å². The first-order valence-corrected chi connectivity index (χ1v) is 12.1. The Morgan fingerprint density at radius 1 is 1.21 bits per heavy atom. The highest BCUT2D eigenvalue weighted by Crippen LogP contribution is 2.27. The number of benzene rings is 2. The Morgan fingerprint density at radius 3 is 2.62 bits per heavy atom. The summed E-state index contributed by atoms with van der Waals surface area (Å²) in [6.45, 7) is 8.30. The van der Waals surface area contributed by atoms with Gasteiger partial charge >= 0.3 is 0 Å². The largest absolute Gasteiger partial charge is 0.497 e. The van der Waals surface area contributed by atoms with Gasteiger partial charge in [-0.1, -0.05) is 29.8 Å². The molecule has 7 nitrogen and oxygen atoms in total. The lowest BCUT2D eigenvalue weighted by atomic mass is 9.95. The van der Waals surface area contributed by atoms with Gasteiger partial charge in [-0.3, -0.25) is 4.79 Å². The number of anilines is 1. The van der Waals surface area contributed by atoms with Crippen molar-refractivity contribution in [1.29, 1.82) is 0 Å². The Labute approximate surface area is 201 Å².